The summed E-state index contributed by atoms with van der Waals surface area (Å²) in [5, 5.41) is 0.449. The van der Waals surface area contributed by atoms with Crippen molar-refractivity contribution in [1.29, 1.82) is 0 Å². The van der Waals surface area contributed by atoms with Gasteiger partial charge in [0.2, 0.25) is 0 Å². The maximum absolute atomic E-state index is 14.1. The highest BCUT2D eigenvalue weighted by atomic mass is 79.9. The molecule has 2 N–H and O–H groups in total. The van der Waals surface area contributed by atoms with Crippen molar-refractivity contribution < 1.29 is 8.78 Å². The summed E-state index contributed by atoms with van der Waals surface area (Å²) in [5.74, 6) is -1.26. The average Bonchev–Trinajstić information content (AvgIpc) is 2.39. The molecule has 2 aromatic rings. The lowest BCUT2D eigenvalue weighted by molar-refractivity contribution is 0.454. The van der Waals surface area contributed by atoms with E-state index in [1.54, 1.807) is 25.1 Å². The second kappa shape index (κ2) is 6.32. The van der Waals surface area contributed by atoms with E-state index in [9.17, 15) is 8.78 Å². The summed E-state index contributed by atoms with van der Waals surface area (Å²) in [4.78, 5) is 0. The zero-order chi connectivity index (χ0) is 15.8. The van der Waals surface area contributed by atoms with E-state index < -0.39 is 17.2 Å². The lowest BCUT2D eigenvalue weighted by Crippen LogP contribution is -2.36. The fourth-order valence-electron chi connectivity index (χ4n) is 2.15. The van der Waals surface area contributed by atoms with Crippen molar-refractivity contribution in [3.8, 4) is 0 Å². The minimum absolute atomic E-state index is 0.00847. The molecule has 0 aromatic heterocycles. The highest BCUT2D eigenvalue weighted by molar-refractivity contribution is 9.10. The van der Waals surface area contributed by atoms with Gasteiger partial charge < -0.3 is 5.73 Å². The summed E-state index contributed by atoms with van der Waals surface area (Å²) < 4.78 is 29.0. The molecule has 112 valence electrons. The number of benzene rings is 2. The minimum atomic E-state index is -1.000. The van der Waals surface area contributed by atoms with Crippen molar-refractivity contribution in [3.05, 3.63) is 67.1 Å². The van der Waals surface area contributed by atoms with Gasteiger partial charge in [0, 0.05) is 27.0 Å². The van der Waals surface area contributed by atoms with Gasteiger partial charge in [0.05, 0.1) is 4.47 Å². The monoisotopic (exact) mass is 437 g/mol. The van der Waals surface area contributed by atoms with E-state index in [2.05, 4.69) is 31.9 Å². The highest BCUT2D eigenvalue weighted by Gasteiger charge is 2.28. The lowest BCUT2D eigenvalue weighted by atomic mass is 9.86. The van der Waals surface area contributed by atoms with Crippen LogP contribution in [0.4, 0.5) is 8.78 Å². The largest absolute Gasteiger partial charge is 0.321 e. The molecular weight excluding hydrogens is 427 g/mol. The van der Waals surface area contributed by atoms with Gasteiger partial charge in [-0.05, 0) is 52.7 Å². The normalized spacial score (nSPS) is 14.0. The van der Waals surface area contributed by atoms with Gasteiger partial charge >= 0.3 is 0 Å². The minimum Gasteiger partial charge on any atom is -0.321 e. The van der Waals surface area contributed by atoms with Crippen LogP contribution in [0, 0.1) is 11.6 Å². The molecule has 2 aromatic carbocycles. The Bertz CT molecular complexity index is 690. The summed E-state index contributed by atoms with van der Waals surface area (Å²) in [5.41, 5.74) is 5.83. The van der Waals surface area contributed by atoms with Crippen LogP contribution in [0.2, 0.25) is 5.02 Å². The maximum atomic E-state index is 14.1. The Morgan fingerprint density at radius 3 is 2.48 bits per heavy atom. The van der Waals surface area contributed by atoms with E-state index in [0.717, 1.165) is 4.47 Å². The molecule has 0 spiro atoms. The molecule has 0 heterocycles. The van der Waals surface area contributed by atoms with E-state index in [1.807, 2.05) is 0 Å². The number of rotatable bonds is 3. The van der Waals surface area contributed by atoms with Crippen molar-refractivity contribution in [1.82, 2.24) is 0 Å². The smallest absolute Gasteiger partial charge is 0.143 e. The first-order valence-electron chi connectivity index (χ1n) is 6.09. The third kappa shape index (κ3) is 3.65. The first-order valence-corrected chi connectivity index (χ1v) is 8.05. The SMILES string of the molecule is CC(N)(Cc1c(F)ccc(Br)c1F)c1ccc(Br)cc1Cl. The van der Waals surface area contributed by atoms with Gasteiger partial charge in [-0.15, -0.1) is 0 Å². The lowest BCUT2D eigenvalue weighted by Gasteiger charge is -2.27. The molecule has 0 aliphatic carbocycles. The first-order chi connectivity index (χ1) is 9.72. The summed E-state index contributed by atoms with van der Waals surface area (Å²) in [6.07, 6.45) is -0.00847. The van der Waals surface area contributed by atoms with Crippen LogP contribution in [0.15, 0.2) is 39.3 Å². The Labute approximate surface area is 143 Å². The summed E-state index contributed by atoms with van der Waals surface area (Å²) in [6.45, 7) is 1.70. The summed E-state index contributed by atoms with van der Waals surface area (Å²) in [6, 6.07) is 7.78. The van der Waals surface area contributed by atoms with Crippen LogP contribution in [0.1, 0.15) is 18.1 Å². The Kier molecular flexibility index (Phi) is 5.08. The second-order valence-corrected chi connectivity index (χ2v) is 7.22. The van der Waals surface area contributed by atoms with E-state index >= 15 is 0 Å². The number of hydrogen-bond acceptors (Lipinski definition) is 1. The topological polar surface area (TPSA) is 26.0 Å². The van der Waals surface area contributed by atoms with Crippen LogP contribution in [-0.4, -0.2) is 0 Å². The molecule has 0 aliphatic heterocycles. The highest BCUT2D eigenvalue weighted by Crippen LogP contribution is 2.33. The predicted molar refractivity (Wildman–Crippen MR) is 88.5 cm³/mol. The average molecular weight is 440 g/mol. The van der Waals surface area contributed by atoms with Crippen LogP contribution in [0.3, 0.4) is 0 Å². The van der Waals surface area contributed by atoms with E-state index in [4.69, 9.17) is 17.3 Å². The molecular formula is C15H12Br2ClF2N. The third-order valence-corrected chi connectivity index (χ3v) is 4.65. The predicted octanol–water partition coefficient (Wildman–Crippen LogP) is 5.56. The van der Waals surface area contributed by atoms with E-state index in [0.29, 0.717) is 10.6 Å². The molecule has 0 fully saturated rings. The van der Waals surface area contributed by atoms with Crippen molar-refractivity contribution in [2.75, 3.05) is 0 Å². The van der Waals surface area contributed by atoms with Gasteiger partial charge in [-0.1, -0.05) is 33.6 Å². The Hall–Kier alpha value is -0.490. The molecule has 1 nitrogen and oxygen atoms in total. The quantitative estimate of drug-likeness (QED) is 0.623. The zero-order valence-electron chi connectivity index (χ0n) is 11.1. The Morgan fingerprint density at radius 2 is 1.86 bits per heavy atom. The van der Waals surface area contributed by atoms with Crippen molar-refractivity contribution in [2.24, 2.45) is 5.73 Å². The standard InChI is InChI=1S/C15H12Br2ClF2N/c1-15(21,10-3-2-8(16)6-12(10)18)7-9-13(19)5-4-11(17)14(9)20/h2-6H,7,21H2,1H3. The van der Waals surface area contributed by atoms with Gasteiger partial charge in [0.1, 0.15) is 11.6 Å². The van der Waals surface area contributed by atoms with Crippen LogP contribution in [-0.2, 0) is 12.0 Å². The Balaban J connectivity index is 2.44. The maximum Gasteiger partial charge on any atom is 0.143 e. The molecule has 0 radical (unpaired) electrons. The molecule has 0 amide bonds. The van der Waals surface area contributed by atoms with Crippen molar-refractivity contribution >= 4 is 43.5 Å². The third-order valence-electron chi connectivity index (χ3n) is 3.23. The molecule has 0 aliphatic rings. The fourth-order valence-corrected chi connectivity index (χ4v) is 3.41. The molecule has 0 saturated heterocycles. The molecule has 21 heavy (non-hydrogen) atoms. The molecule has 1 unspecified atom stereocenters. The second-order valence-electron chi connectivity index (χ2n) is 5.04. The van der Waals surface area contributed by atoms with Gasteiger partial charge in [-0.3, -0.25) is 0 Å². The molecule has 0 saturated carbocycles. The van der Waals surface area contributed by atoms with Gasteiger partial charge in [0.25, 0.3) is 0 Å². The van der Waals surface area contributed by atoms with Crippen molar-refractivity contribution in [2.45, 2.75) is 18.9 Å². The molecule has 0 bridgehead atoms. The number of halogens is 5. The zero-order valence-corrected chi connectivity index (χ0v) is 15.0. The van der Waals surface area contributed by atoms with Gasteiger partial charge in [0.15, 0.2) is 0 Å². The van der Waals surface area contributed by atoms with Crippen LogP contribution < -0.4 is 5.73 Å². The van der Waals surface area contributed by atoms with E-state index in [-0.39, 0.29) is 16.5 Å². The fraction of sp³-hybridized carbons (Fsp3) is 0.200. The summed E-state index contributed by atoms with van der Waals surface area (Å²) >= 11 is 12.5. The van der Waals surface area contributed by atoms with Gasteiger partial charge in [-0.25, -0.2) is 8.78 Å². The Morgan fingerprint density at radius 1 is 1.19 bits per heavy atom. The van der Waals surface area contributed by atoms with Gasteiger partial charge in [-0.2, -0.15) is 0 Å². The van der Waals surface area contributed by atoms with Crippen LogP contribution >= 0.6 is 43.5 Å². The molecule has 2 rings (SSSR count). The van der Waals surface area contributed by atoms with Crippen LogP contribution in [0.5, 0.6) is 0 Å². The number of nitrogens with two attached hydrogens (primary N) is 1. The van der Waals surface area contributed by atoms with E-state index in [1.165, 1.54) is 12.1 Å². The number of hydrogen-bond donors (Lipinski definition) is 1. The molecule has 6 heteroatoms. The first kappa shape index (κ1) is 16.9. The van der Waals surface area contributed by atoms with Crippen molar-refractivity contribution in [3.63, 3.8) is 0 Å². The summed E-state index contributed by atoms with van der Waals surface area (Å²) in [7, 11) is 0. The van der Waals surface area contributed by atoms with Crippen LogP contribution in [0.25, 0.3) is 0 Å². The molecule has 1 atom stereocenters.